The highest BCUT2D eigenvalue weighted by molar-refractivity contribution is 8.00. The van der Waals surface area contributed by atoms with Crippen LogP contribution in [0.4, 0.5) is 10.2 Å². The van der Waals surface area contributed by atoms with Crippen molar-refractivity contribution in [2.45, 2.75) is 18.7 Å². The van der Waals surface area contributed by atoms with Gasteiger partial charge in [0.1, 0.15) is 23.9 Å². The van der Waals surface area contributed by atoms with Crippen molar-refractivity contribution in [3.63, 3.8) is 0 Å². The maximum Gasteiger partial charge on any atom is 0.240 e. The average molecular weight is 617 g/mol. The molecule has 5 aromatic rings. The van der Waals surface area contributed by atoms with Gasteiger partial charge >= 0.3 is 0 Å². The van der Waals surface area contributed by atoms with Crippen molar-refractivity contribution in [2.24, 2.45) is 0 Å². The van der Waals surface area contributed by atoms with Crippen molar-refractivity contribution in [1.29, 1.82) is 0 Å². The monoisotopic (exact) mass is 616 g/mol. The first-order valence-corrected chi connectivity index (χ1v) is 15.6. The number of halogens is 2. The lowest BCUT2D eigenvalue weighted by atomic mass is 10.0. The maximum atomic E-state index is 13.8. The fourth-order valence-corrected chi connectivity index (χ4v) is 7.03. The number of aromatic nitrogens is 2. The van der Waals surface area contributed by atoms with Crippen LogP contribution in [0.3, 0.4) is 0 Å². The van der Waals surface area contributed by atoms with Gasteiger partial charge in [0, 0.05) is 17.1 Å². The number of thioether (sulfide) groups is 1. The van der Waals surface area contributed by atoms with E-state index in [0.717, 1.165) is 38.5 Å². The van der Waals surface area contributed by atoms with Crippen LogP contribution in [0.15, 0.2) is 90.3 Å². The van der Waals surface area contributed by atoms with Crippen LogP contribution >= 0.6 is 34.7 Å². The number of nitrogens with zero attached hydrogens (tertiary/aromatic N) is 3. The normalized spacial score (nSPS) is 14.9. The zero-order valence-corrected chi connectivity index (χ0v) is 25.0. The first kappa shape index (κ1) is 28.2. The Bertz CT molecular complexity index is 1740. The van der Waals surface area contributed by atoms with Gasteiger partial charge in [0.15, 0.2) is 0 Å². The summed E-state index contributed by atoms with van der Waals surface area (Å²) in [6.07, 6.45) is 0. The van der Waals surface area contributed by atoms with Crippen molar-refractivity contribution in [1.82, 2.24) is 15.1 Å². The van der Waals surface area contributed by atoms with Gasteiger partial charge in [-0.3, -0.25) is 14.5 Å². The van der Waals surface area contributed by atoms with Crippen molar-refractivity contribution < 1.29 is 14.0 Å². The van der Waals surface area contributed by atoms with Crippen molar-refractivity contribution in [3.8, 4) is 16.3 Å². The Morgan fingerprint density at radius 3 is 2.57 bits per heavy atom. The molecule has 1 N–H and O–H groups in total. The van der Waals surface area contributed by atoms with Gasteiger partial charge in [-0.25, -0.2) is 9.07 Å². The van der Waals surface area contributed by atoms with Crippen LogP contribution in [0, 0.1) is 12.7 Å². The molecule has 1 atom stereocenters. The van der Waals surface area contributed by atoms with E-state index in [0.29, 0.717) is 10.8 Å². The summed E-state index contributed by atoms with van der Waals surface area (Å²) in [5.74, 6) is -0.160. The van der Waals surface area contributed by atoms with E-state index in [1.165, 1.54) is 28.8 Å². The maximum absolute atomic E-state index is 13.8. The number of anilines is 1. The van der Waals surface area contributed by atoms with Crippen LogP contribution in [0.2, 0.25) is 5.02 Å². The molecule has 1 aliphatic rings. The summed E-state index contributed by atoms with van der Waals surface area (Å²) in [7, 11) is 0. The van der Waals surface area contributed by atoms with E-state index in [4.69, 9.17) is 16.7 Å². The lowest BCUT2D eigenvalue weighted by molar-refractivity contribution is -0.123. The molecule has 0 fully saturated rings. The molecule has 3 aromatic carbocycles. The van der Waals surface area contributed by atoms with Gasteiger partial charge in [-0.05, 0) is 65.9 Å². The molecule has 3 heterocycles. The first-order chi connectivity index (χ1) is 20.4. The predicted octanol–water partition coefficient (Wildman–Crippen LogP) is 7.19. The Morgan fingerprint density at radius 2 is 1.86 bits per heavy atom. The van der Waals surface area contributed by atoms with Gasteiger partial charge in [-0.15, -0.1) is 23.1 Å². The van der Waals surface area contributed by atoms with Crippen LogP contribution < -0.4 is 10.2 Å². The van der Waals surface area contributed by atoms with E-state index in [1.807, 2.05) is 73.0 Å². The molecule has 2 amide bonds. The highest BCUT2D eigenvalue weighted by Crippen LogP contribution is 2.49. The number of hydrogen-bond acceptors (Lipinski definition) is 5. The van der Waals surface area contributed by atoms with Crippen molar-refractivity contribution in [2.75, 3.05) is 17.2 Å². The molecule has 212 valence electrons. The molecule has 0 saturated heterocycles. The summed E-state index contributed by atoms with van der Waals surface area (Å²) in [4.78, 5) is 29.6. The number of carbonyl (C=O) groups excluding carboxylic acids is 2. The molecule has 0 saturated carbocycles. The molecule has 6 rings (SSSR count). The molecule has 0 unspecified atom stereocenters. The van der Waals surface area contributed by atoms with Crippen molar-refractivity contribution >= 4 is 52.3 Å². The number of hydrogen-bond donors (Lipinski definition) is 1. The van der Waals surface area contributed by atoms with Gasteiger partial charge in [-0.1, -0.05) is 59.6 Å². The molecule has 0 spiro atoms. The molecule has 42 heavy (non-hydrogen) atoms. The van der Waals surface area contributed by atoms with Gasteiger partial charge in [0.25, 0.3) is 0 Å². The number of aryl methyl sites for hydroxylation is 1. The van der Waals surface area contributed by atoms with Crippen LogP contribution in [-0.2, 0) is 16.1 Å². The second kappa shape index (κ2) is 12.1. The molecule has 0 aliphatic carbocycles. The minimum absolute atomic E-state index is 0.162. The number of fused-ring (bicyclic) bond motifs is 1. The average Bonchev–Trinajstić information content (AvgIpc) is 3.62. The van der Waals surface area contributed by atoms with E-state index < -0.39 is 0 Å². The van der Waals surface area contributed by atoms with Gasteiger partial charge in [0.05, 0.1) is 21.6 Å². The molecule has 0 radical (unpaired) electrons. The second-order valence-electron chi connectivity index (χ2n) is 9.94. The number of rotatable bonds is 7. The fourth-order valence-electron chi connectivity index (χ4n) is 4.92. The summed E-state index contributed by atoms with van der Waals surface area (Å²) in [5.41, 5.74) is 5.18. The third-order valence-corrected chi connectivity index (χ3v) is 9.34. The fraction of sp³-hybridized carbons (Fsp3) is 0.156. The molecule has 2 aromatic heterocycles. The SMILES string of the molecule is Cc1ccc(-n2nc(-c3cccs3)c3c2N(CC(=O)NCc2ccc(F)cc2)C(=O)CS[C@@H]3c2cccc(Cl)c2)cc1. The van der Waals surface area contributed by atoms with Crippen molar-refractivity contribution in [3.05, 3.63) is 123 Å². The summed E-state index contributed by atoms with van der Waals surface area (Å²) in [6.45, 7) is 2.03. The van der Waals surface area contributed by atoms with Crippen LogP contribution in [0.5, 0.6) is 0 Å². The van der Waals surface area contributed by atoms with E-state index in [9.17, 15) is 14.0 Å². The summed E-state index contributed by atoms with van der Waals surface area (Å²) >= 11 is 9.49. The Kier molecular flexibility index (Phi) is 8.15. The summed E-state index contributed by atoms with van der Waals surface area (Å²) < 4.78 is 15.1. The zero-order chi connectivity index (χ0) is 29.2. The van der Waals surface area contributed by atoms with Crippen LogP contribution in [-0.4, -0.2) is 33.9 Å². The molecular weight excluding hydrogens is 591 g/mol. The van der Waals surface area contributed by atoms with Gasteiger partial charge in [0.2, 0.25) is 11.8 Å². The van der Waals surface area contributed by atoms with E-state index in [-0.39, 0.29) is 41.7 Å². The summed E-state index contributed by atoms with van der Waals surface area (Å²) in [6, 6.07) is 25.5. The first-order valence-electron chi connectivity index (χ1n) is 13.3. The summed E-state index contributed by atoms with van der Waals surface area (Å²) in [5, 5.41) is 10.3. The minimum Gasteiger partial charge on any atom is -0.350 e. The standard InChI is InChI=1S/C32H26ClFN4O2S2/c1-20-7-13-25(14-8-20)38-32-29(30(36-38)26-6-3-15-41-26)31(22-4-2-5-23(33)16-22)42-19-28(40)37(32)18-27(39)35-17-21-9-11-24(34)12-10-21/h2-16,31H,17-19H2,1H3,(H,35,39)/t31-/m1/s1. The van der Waals surface area contributed by atoms with E-state index in [2.05, 4.69) is 5.32 Å². The lowest BCUT2D eigenvalue weighted by Gasteiger charge is -2.23. The smallest absolute Gasteiger partial charge is 0.240 e. The highest BCUT2D eigenvalue weighted by Gasteiger charge is 2.38. The largest absolute Gasteiger partial charge is 0.350 e. The minimum atomic E-state index is -0.342. The number of amides is 2. The lowest BCUT2D eigenvalue weighted by Crippen LogP contribution is -2.42. The molecule has 6 nitrogen and oxygen atoms in total. The highest BCUT2D eigenvalue weighted by atomic mass is 35.5. The second-order valence-corrected chi connectivity index (χ2v) is 12.4. The van der Waals surface area contributed by atoms with Crippen LogP contribution in [0.25, 0.3) is 16.3 Å². The third-order valence-electron chi connectivity index (χ3n) is 6.98. The predicted molar refractivity (Wildman–Crippen MR) is 168 cm³/mol. The number of benzene rings is 3. The van der Waals surface area contributed by atoms with E-state index in [1.54, 1.807) is 28.2 Å². The third kappa shape index (κ3) is 5.86. The van der Waals surface area contributed by atoms with Gasteiger partial charge in [-0.2, -0.15) is 5.10 Å². The topological polar surface area (TPSA) is 67.2 Å². The van der Waals surface area contributed by atoms with E-state index >= 15 is 0 Å². The van der Waals surface area contributed by atoms with Gasteiger partial charge < -0.3 is 5.32 Å². The molecule has 1 aliphatic heterocycles. The molecular formula is C32H26ClFN4O2S2. The quantitative estimate of drug-likeness (QED) is 0.210. The Hall–Kier alpha value is -3.92. The Morgan fingerprint density at radius 1 is 1.07 bits per heavy atom. The van der Waals surface area contributed by atoms with Crippen LogP contribution in [0.1, 0.15) is 27.5 Å². The molecule has 0 bridgehead atoms. The molecule has 10 heteroatoms. The zero-order valence-electron chi connectivity index (χ0n) is 22.6. The number of nitrogens with one attached hydrogen (secondary N) is 1. The Labute approximate surface area is 256 Å². The number of thiophene rings is 1. The number of carbonyl (C=O) groups is 2. The Balaban J connectivity index is 1.48.